The molecule has 0 bridgehead atoms. The van der Waals surface area contributed by atoms with Crippen LogP contribution < -0.4 is 5.73 Å². The summed E-state index contributed by atoms with van der Waals surface area (Å²) in [5, 5.41) is 0. The molecule has 15 heavy (non-hydrogen) atoms. The van der Waals surface area contributed by atoms with Gasteiger partial charge in [0.2, 0.25) is 0 Å². The fraction of sp³-hybridized carbons (Fsp3) is 1.00. The lowest BCUT2D eigenvalue weighted by Gasteiger charge is -2.44. The van der Waals surface area contributed by atoms with Crippen LogP contribution in [0.25, 0.3) is 0 Å². The Bertz CT molecular complexity index is 164. The number of likely N-dealkylation sites (tertiary alicyclic amines) is 1. The Morgan fingerprint density at radius 2 is 1.40 bits per heavy atom. The summed E-state index contributed by atoms with van der Waals surface area (Å²) in [6, 6.07) is 0. The van der Waals surface area contributed by atoms with Crippen LogP contribution >= 0.6 is 24.8 Å². The van der Waals surface area contributed by atoms with Gasteiger partial charge in [0.05, 0.1) is 0 Å². The second kappa shape index (κ2) is 6.95. The van der Waals surface area contributed by atoms with Gasteiger partial charge >= 0.3 is 0 Å². The minimum absolute atomic E-state index is 0. The van der Waals surface area contributed by atoms with Crippen LogP contribution in [-0.2, 0) is 0 Å². The number of nitrogens with zero attached hydrogens (tertiary/aromatic N) is 1. The summed E-state index contributed by atoms with van der Waals surface area (Å²) in [5.41, 5.74) is 6.39. The maximum atomic E-state index is 5.98. The Hall–Kier alpha value is 0.500. The molecule has 0 aromatic heterocycles. The third-order valence-corrected chi connectivity index (χ3v) is 3.94. The number of halogens is 2. The number of hydrogen-bond donors (Lipinski definition) is 1. The van der Waals surface area contributed by atoms with E-state index in [9.17, 15) is 0 Å². The van der Waals surface area contributed by atoms with Gasteiger partial charge in [-0.3, -0.25) is 4.90 Å². The van der Waals surface area contributed by atoms with Crippen molar-refractivity contribution in [3.63, 3.8) is 0 Å². The third kappa shape index (κ3) is 3.23. The number of hydrogen-bond acceptors (Lipinski definition) is 2. The van der Waals surface area contributed by atoms with E-state index in [0.717, 1.165) is 6.54 Å². The highest BCUT2D eigenvalue weighted by atomic mass is 35.5. The average molecular weight is 255 g/mol. The van der Waals surface area contributed by atoms with E-state index >= 15 is 0 Å². The first kappa shape index (κ1) is 15.5. The largest absolute Gasteiger partial charge is 0.329 e. The second-order valence-electron chi connectivity index (χ2n) is 4.68. The molecule has 0 spiro atoms. The minimum atomic E-state index is 0. The molecule has 2 N–H and O–H groups in total. The highest BCUT2D eigenvalue weighted by Gasteiger charge is 2.37. The summed E-state index contributed by atoms with van der Waals surface area (Å²) in [4.78, 5) is 2.67. The Balaban J connectivity index is 0.000000980. The van der Waals surface area contributed by atoms with Crippen LogP contribution in [-0.4, -0.2) is 30.1 Å². The standard InChI is InChI=1S/C11H22N2.2ClH/c12-10-11(6-2-1-3-7-11)13-8-4-5-9-13;;/h1-10,12H2;2*1H. The van der Waals surface area contributed by atoms with Crippen molar-refractivity contribution in [1.29, 1.82) is 0 Å². The van der Waals surface area contributed by atoms with Gasteiger partial charge in [0, 0.05) is 12.1 Å². The van der Waals surface area contributed by atoms with E-state index in [0.29, 0.717) is 5.54 Å². The molecule has 4 heteroatoms. The molecule has 0 amide bonds. The molecule has 1 aliphatic carbocycles. The first-order valence-electron chi connectivity index (χ1n) is 5.82. The van der Waals surface area contributed by atoms with Crippen molar-refractivity contribution in [1.82, 2.24) is 4.90 Å². The minimum Gasteiger partial charge on any atom is -0.329 e. The van der Waals surface area contributed by atoms with Gasteiger partial charge < -0.3 is 5.73 Å². The molecule has 2 fully saturated rings. The zero-order chi connectivity index (χ0) is 9.15. The molecule has 0 atom stereocenters. The lowest BCUT2D eigenvalue weighted by molar-refractivity contribution is 0.0809. The van der Waals surface area contributed by atoms with E-state index in [2.05, 4.69) is 4.90 Å². The quantitative estimate of drug-likeness (QED) is 0.821. The van der Waals surface area contributed by atoms with Crippen LogP contribution in [0.1, 0.15) is 44.9 Å². The molecular weight excluding hydrogens is 231 g/mol. The van der Waals surface area contributed by atoms with Crippen LogP contribution in [0.15, 0.2) is 0 Å². The van der Waals surface area contributed by atoms with Gasteiger partial charge in [0.1, 0.15) is 0 Å². The second-order valence-corrected chi connectivity index (χ2v) is 4.68. The molecule has 1 saturated carbocycles. The van der Waals surface area contributed by atoms with Crippen molar-refractivity contribution in [2.75, 3.05) is 19.6 Å². The Morgan fingerprint density at radius 3 is 1.87 bits per heavy atom. The molecule has 92 valence electrons. The highest BCUT2D eigenvalue weighted by Crippen LogP contribution is 2.34. The summed E-state index contributed by atoms with van der Waals surface area (Å²) in [5.74, 6) is 0. The van der Waals surface area contributed by atoms with Crippen LogP contribution in [0, 0.1) is 0 Å². The molecule has 0 unspecified atom stereocenters. The van der Waals surface area contributed by atoms with Crippen molar-refractivity contribution < 1.29 is 0 Å². The number of nitrogens with two attached hydrogens (primary N) is 1. The van der Waals surface area contributed by atoms with E-state index in [1.807, 2.05) is 0 Å². The topological polar surface area (TPSA) is 29.3 Å². The predicted octanol–water partition coefficient (Wildman–Crippen LogP) is 2.59. The van der Waals surface area contributed by atoms with Crippen LogP contribution in [0.3, 0.4) is 0 Å². The van der Waals surface area contributed by atoms with Crippen LogP contribution in [0.2, 0.25) is 0 Å². The molecule has 0 radical (unpaired) electrons. The fourth-order valence-electron chi connectivity index (χ4n) is 3.05. The third-order valence-electron chi connectivity index (χ3n) is 3.94. The predicted molar refractivity (Wildman–Crippen MR) is 70.2 cm³/mol. The zero-order valence-corrected chi connectivity index (χ0v) is 11.0. The normalized spacial score (nSPS) is 25.4. The van der Waals surface area contributed by atoms with E-state index in [-0.39, 0.29) is 24.8 Å². The molecule has 1 aliphatic heterocycles. The summed E-state index contributed by atoms with van der Waals surface area (Å²) in [6.07, 6.45) is 9.70. The van der Waals surface area contributed by atoms with Gasteiger partial charge in [-0.25, -0.2) is 0 Å². The monoisotopic (exact) mass is 254 g/mol. The van der Waals surface area contributed by atoms with Gasteiger partial charge in [-0.1, -0.05) is 19.3 Å². The van der Waals surface area contributed by atoms with Gasteiger partial charge in [0.15, 0.2) is 0 Å². The maximum Gasteiger partial charge on any atom is 0.0331 e. The molecule has 2 aliphatic rings. The SMILES string of the molecule is Cl.Cl.NCC1(N2CCCC2)CCCCC1. The summed E-state index contributed by atoms with van der Waals surface area (Å²) in [7, 11) is 0. The number of rotatable bonds is 2. The van der Waals surface area contributed by atoms with Crippen molar-refractivity contribution in [3.05, 3.63) is 0 Å². The molecular formula is C11H24Cl2N2. The van der Waals surface area contributed by atoms with Gasteiger partial charge in [-0.2, -0.15) is 0 Å². The van der Waals surface area contributed by atoms with Crippen molar-refractivity contribution in [2.24, 2.45) is 5.73 Å². The summed E-state index contributed by atoms with van der Waals surface area (Å²) < 4.78 is 0. The van der Waals surface area contributed by atoms with E-state index < -0.39 is 0 Å². The Morgan fingerprint density at radius 1 is 0.867 bits per heavy atom. The molecule has 0 aromatic carbocycles. The molecule has 1 heterocycles. The molecule has 0 aromatic rings. The van der Waals surface area contributed by atoms with Crippen molar-refractivity contribution in [2.45, 2.75) is 50.5 Å². The summed E-state index contributed by atoms with van der Waals surface area (Å²) in [6.45, 7) is 3.49. The van der Waals surface area contributed by atoms with Gasteiger partial charge in [-0.15, -0.1) is 24.8 Å². The molecule has 2 rings (SSSR count). The van der Waals surface area contributed by atoms with Crippen molar-refractivity contribution in [3.8, 4) is 0 Å². The smallest absolute Gasteiger partial charge is 0.0331 e. The molecule has 2 nitrogen and oxygen atoms in total. The van der Waals surface area contributed by atoms with Crippen molar-refractivity contribution >= 4 is 24.8 Å². The first-order valence-corrected chi connectivity index (χ1v) is 5.82. The zero-order valence-electron chi connectivity index (χ0n) is 9.41. The fourth-order valence-corrected chi connectivity index (χ4v) is 3.05. The van der Waals surface area contributed by atoms with Gasteiger partial charge in [-0.05, 0) is 38.8 Å². The van der Waals surface area contributed by atoms with Crippen LogP contribution in [0.5, 0.6) is 0 Å². The maximum absolute atomic E-state index is 5.98. The summed E-state index contributed by atoms with van der Waals surface area (Å²) >= 11 is 0. The lowest BCUT2D eigenvalue weighted by atomic mass is 9.80. The molecule has 1 saturated heterocycles. The Kier molecular flexibility index (Phi) is 7.18. The van der Waals surface area contributed by atoms with E-state index in [1.165, 1.54) is 58.0 Å². The van der Waals surface area contributed by atoms with Gasteiger partial charge in [0.25, 0.3) is 0 Å². The van der Waals surface area contributed by atoms with E-state index in [4.69, 9.17) is 5.73 Å². The first-order chi connectivity index (χ1) is 6.37. The van der Waals surface area contributed by atoms with E-state index in [1.54, 1.807) is 0 Å². The van der Waals surface area contributed by atoms with Crippen LogP contribution in [0.4, 0.5) is 0 Å². The highest BCUT2D eigenvalue weighted by molar-refractivity contribution is 5.85. The Labute approximate surface area is 106 Å². The lowest BCUT2D eigenvalue weighted by Crippen LogP contribution is -2.53. The average Bonchev–Trinajstić information content (AvgIpc) is 2.72.